The smallest absolute Gasteiger partial charge is 0.469 e. The lowest BCUT2D eigenvalue weighted by Gasteiger charge is -2.19. The number of hydrogen-bond acceptors (Lipinski definition) is 5. The topological polar surface area (TPSA) is 94.5 Å². The molecule has 38 heavy (non-hydrogen) atoms. The molecule has 0 saturated carbocycles. The molecule has 7 nitrogen and oxygen atoms in total. The van der Waals surface area contributed by atoms with Crippen LogP contribution in [0.25, 0.3) is 0 Å². The Bertz CT molecular complexity index is 784. The molecule has 0 aliphatic heterocycles. The Balaban J connectivity index is 2.11. The van der Waals surface area contributed by atoms with Gasteiger partial charge in [-0.05, 0) is 49.8 Å². The Morgan fingerprint density at radius 3 is 2.08 bits per heavy atom. The molecular weight excluding hydrogens is 510 g/mol. The van der Waals surface area contributed by atoms with Crippen molar-refractivity contribution in [2.45, 2.75) is 110 Å². The molecule has 0 unspecified atom stereocenters. The first kappa shape index (κ1) is 34.7. The first-order valence-electron chi connectivity index (χ1n) is 14.2. The maximum absolute atomic E-state index is 13.9. The number of methoxy groups -OCH3 is 1. The molecule has 0 saturated heterocycles. The van der Waals surface area contributed by atoms with Crippen LogP contribution in [0.3, 0.4) is 0 Å². The highest BCUT2D eigenvalue weighted by Gasteiger charge is 2.19. The molecule has 0 amide bonds. The summed E-state index contributed by atoms with van der Waals surface area (Å²) in [5, 5.41) is 0. The third-order valence-electron chi connectivity index (χ3n) is 6.23. The number of benzene rings is 1. The fraction of sp³-hybridized carbons (Fsp3) is 0.724. The standard InChI is InChI=1S/C29H50FO7P/c1-3-4-5-6-7-8-9-10-11-12-13-14-15-16-17-18-21-35-24-27(25-37-38(31,32)33)36-23-26-19-20-29(34-2)28(30)22-26/h10-11,19-20,22,27H,3-9,12-18,21,23-25H2,1-2H3,(H2,31,32,33)/b11-10-/t27-/m1/s1. The summed E-state index contributed by atoms with van der Waals surface area (Å²) in [6.45, 7) is 2.64. The summed E-state index contributed by atoms with van der Waals surface area (Å²) in [4.78, 5) is 18.0. The van der Waals surface area contributed by atoms with Crippen LogP contribution < -0.4 is 4.74 Å². The van der Waals surface area contributed by atoms with E-state index in [0.717, 1.165) is 19.3 Å². The quantitative estimate of drug-likeness (QED) is 0.0713. The molecule has 0 heterocycles. The number of rotatable bonds is 25. The SMILES string of the molecule is CCCCCCCC/C=C\CCCCCCCCOC[C@H](COP(=O)(O)O)OCc1ccc(OC)c(F)c1. The minimum absolute atomic E-state index is 0.0493. The average molecular weight is 561 g/mol. The number of halogens is 1. The molecule has 0 fully saturated rings. The highest BCUT2D eigenvalue weighted by atomic mass is 31.2. The van der Waals surface area contributed by atoms with Gasteiger partial charge in [-0.1, -0.05) is 82.9 Å². The summed E-state index contributed by atoms with van der Waals surface area (Å²) in [5.41, 5.74) is 0.567. The molecule has 0 radical (unpaired) electrons. The van der Waals surface area contributed by atoms with Gasteiger partial charge in [0.1, 0.15) is 6.10 Å². The van der Waals surface area contributed by atoms with E-state index in [-0.39, 0.29) is 25.6 Å². The van der Waals surface area contributed by atoms with Gasteiger partial charge in [0, 0.05) is 6.61 Å². The van der Waals surface area contributed by atoms with E-state index in [1.54, 1.807) is 6.07 Å². The number of phosphoric ester groups is 1. The van der Waals surface area contributed by atoms with Crippen LogP contribution >= 0.6 is 7.82 Å². The van der Waals surface area contributed by atoms with Crippen molar-refractivity contribution in [3.63, 3.8) is 0 Å². The normalized spacial score (nSPS) is 12.9. The van der Waals surface area contributed by atoms with Gasteiger partial charge >= 0.3 is 7.82 Å². The van der Waals surface area contributed by atoms with Gasteiger partial charge in [-0.15, -0.1) is 0 Å². The molecule has 0 aliphatic carbocycles. The summed E-state index contributed by atoms with van der Waals surface area (Å²) in [6, 6.07) is 4.46. The predicted molar refractivity (Wildman–Crippen MR) is 150 cm³/mol. The van der Waals surface area contributed by atoms with Crippen molar-refractivity contribution in [2.24, 2.45) is 0 Å². The second-order valence-electron chi connectivity index (χ2n) is 9.70. The molecule has 0 aliphatic rings. The largest absolute Gasteiger partial charge is 0.494 e. The van der Waals surface area contributed by atoms with E-state index in [9.17, 15) is 8.96 Å². The van der Waals surface area contributed by atoms with Crippen molar-refractivity contribution in [3.8, 4) is 5.75 Å². The third kappa shape index (κ3) is 19.7. The van der Waals surface area contributed by atoms with Crippen LogP contribution in [0.15, 0.2) is 30.4 Å². The van der Waals surface area contributed by atoms with E-state index >= 15 is 0 Å². The lowest BCUT2D eigenvalue weighted by molar-refractivity contribution is -0.0493. The lowest BCUT2D eigenvalue weighted by Crippen LogP contribution is -2.25. The maximum Gasteiger partial charge on any atom is 0.469 e. The van der Waals surface area contributed by atoms with Crippen molar-refractivity contribution in [1.82, 2.24) is 0 Å². The molecule has 9 heteroatoms. The van der Waals surface area contributed by atoms with E-state index in [0.29, 0.717) is 12.2 Å². The van der Waals surface area contributed by atoms with Crippen LogP contribution in [0.2, 0.25) is 0 Å². The molecule has 0 spiro atoms. The Morgan fingerprint density at radius 1 is 0.895 bits per heavy atom. The van der Waals surface area contributed by atoms with Crippen LogP contribution in [0.5, 0.6) is 5.75 Å². The van der Waals surface area contributed by atoms with E-state index < -0.39 is 19.7 Å². The van der Waals surface area contributed by atoms with Gasteiger partial charge in [-0.3, -0.25) is 4.52 Å². The average Bonchev–Trinajstić information content (AvgIpc) is 2.88. The zero-order chi connectivity index (χ0) is 27.9. The summed E-state index contributed by atoms with van der Waals surface area (Å²) in [5.74, 6) is -0.373. The molecule has 220 valence electrons. The monoisotopic (exact) mass is 560 g/mol. The van der Waals surface area contributed by atoms with Crippen LogP contribution in [0.4, 0.5) is 4.39 Å². The number of ether oxygens (including phenoxy) is 3. The Kier molecular flexibility index (Phi) is 20.6. The minimum Gasteiger partial charge on any atom is -0.494 e. The third-order valence-corrected chi connectivity index (χ3v) is 6.72. The van der Waals surface area contributed by atoms with Crippen molar-refractivity contribution in [1.29, 1.82) is 0 Å². The zero-order valence-corrected chi connectivity index (χ0v) is 24.3. The number of phosphoric acid groups is 1. The number of hydrogen-bond donors (Lipinski definition) is 2. The van der Waals surface area contributed by atoms with E-state index in [2.05, 4.69) is 23.6 Å². The second kappa shape index (κ2) is 22.5. The van der Waals surface area contributed by atoms with Gasteiger partial charge in [0.05, 0.1) is 26.9 Å². The van der Waals surface area contributed by atoms with Gasteiger partial charge in [0.15, 0.2) is 11.6 Å². The van der Waals surface area contributed by atoms with Gasteiger partial charge in [0.25, 0.3) is 0 Å². The van der Waals surface area contributed by atoms with Gasteiger partial charge in [0.2, 0.25) is 0 Å². The van der Waals surface area contributed by atoms with E-state index in [1.165, 1.54) is 89.9 Å². The fourth-order valence-electron chi connectivity index (χ4n) is 4.00. The van der Waals surface area contributed by atoms with Crippen molar-refractivity contribution < 1.29 is 37.5 Å². The van der Waals surface area contributed by atoms with Crippen LogP contribution in [-0.2, 0) is 25.2 Å². The summed E-state index contributed by atoms with van der Waals surface area (Å²) >= 11 is 0. The van der Waals surface area contributed by atoms with Gasteiger partial charge in [-0.2, -0.15) is 0 Å². The molecule has 1 rings (SSSR count). The molecule has 1 atom stereocenters. The molecule has 1 aromatic carbocycles. The summed E-state index contributed by atoms with van der Waals surface area (Å²) in [6.07, 6.45) is 21.3. The molecule has 2 N–H and O–H groups in total. The van der Waals surface area contributed by atoms with Crippen molar-refractivity contribution in [3.05, 3.63) is 41.7 Å². The van der Waals surface area contributed by atoms with Crippen molar-refractivity contribution >= 4 is 7.82 Å². The summed E-state index contributed by atoms with van der Waals surface area (Å²) in [7, 11) is -3.24. The Morgan fingerprint density at radius 2 is 1.50 bits per heavy atom. The first-order valence-corrected chi connectivity index (χ1v) is 15.8. The fourth-order valence-corrected chi connectivity index (χ4v) is 4.37. The van der Waals surface area contributed by atoms with Crippen LogP contribution in [0, 0.1) is 5.82 Å². The molecule has 0 bridgehead atoms. The number of allylic oxidation sites excluding steroid dienone is 2. The zero-order valence-electron chi connectivity index (χ0n) is 23.5. The van der Waals surface area contributed by atoms with E-state index in [1.807, 2.05) is 0 Å². The van der Waals surface area contributed by atoms with Crippen molar-refractivity contribution in [2.75, 3.05) is 26.9 Å². The van der Waals surface area contributed by atoms with Crippen LogP contribution in [0.1, 0.15) is 102 Å². The minimum atomic E-state index is -4.63. The summed E-state index contributed by atoms with van der Waals surface area (Å²) < 4.78 is 45.8. The second-order valence-corrected chi connectivity index (χ2v) is 10.9. The Hall–Kier alpha value is -1.28. The van der Waals surface area contributed by atoms with E-state index in [4.69, 9.17) is 24.0 Å². The molecular formula is C29H50FO7P. The predicted octanol–water partition coefficient (Wildman–Crippen LogP) is 7.88. The van der Waals surface area contributed by atoms with Gasteiger partial charge < -0.3 is 24.0 Å². The highest BCUT2D eigenvalue weighted by Crippen LogP contribution is 2.36. The first-order chi connectivity index (χ1) is 18.4. The molecule has 0 aromatic heterocycles. The van der Waals surface area contributed by atoms with Gasteiger partial charge in [-0.25, -0.2) is 8.96 Å². The lowest BCUT2D eigenvalue weighted by atomic mass is 10.1. The Labute approximate surface area is 229 Å². The number of unbranched alkanes of at least 4 members (excludes halogenated alkanes) is 12. The highest BCUT2D eigenvalue weighted by molar-refractivity contribution is 7.46. The van der Waals surface area contributed by atoms with Crippen LogP contribution in [-0.4, -0.2) is 42.8 Å². The maximum atomic E-state index is 13.9. The molecule has 1 aromatic rings.